The first-order chi connectivity index (χ1) is 34.2. The van der Waals surface area contributed by atoms with Crippen molar-refractivity contribution in [3.8, 4) is 44.5 Å². The maximum absolute atomic E-state index is 2.32. The summed E-state index contributed by atoms with van der Waals surface area (Å²) in [5.74, 6) is 0. The molecular weight excluding hydrogens is 835 g/mol. The Morgan fingerprint density at radius 2 is 0.246 bits per heavy atom. The van der Waals surface area contributed by atoms with Gasteiger partial charge in [-0.1, -0.05) is 188 Å². The van der Waals surface area contributed by atoms with Crippen molar-refractivity contribution in [1.82, 2.24) is 0 Å². The smallest absolute Gasteiger partial charge is 0.0462 e. The molecule has 0 heterocycles. The molecule has 0 N–H and O–H groups in total. The molecule has 328 valence electrons. The molecule has 11 rings (SSSR count). The van der Waals surface area contributed by atoms with Gasteiger partial charge in [-0.25, -0.2) is 0 Å². The second-order valence-corrected chi connectivity index (χ2v) is 17.0. The van der Waals surface area contributed by atoms with Crippen LogP contribution in [0.4, 0.5) is 51.2 Å². The second-order valence-electron chi connectivity index (χ2n) is 17.0. The van der Waals surface area contributed by atoms with Crippen LogP contribution in [-0.4, -0.2) is 0 Å². The zero-order valence-corrected chi connectivity index (χ0v) is 38.1. The first kappa shape index (κ1) is 42.5. The quantitative estimate of drug-likeness (QED) is 0.114. The third-order valence-electron chi connectivity index (χ3n) is 12.7. The van der Waals surface area contributed by atoms with Crippen LogP contribution in [0.3, 0.4) is 0 Å². The van der Waals surface area contributed by atoms with E-state index in [0.29, 0.717) is 0 Å². The molecular formula is C66H49N3. The van der Waals surface area contributed by atoms with Crippen molar-refractivity contribution in [2.75, 3.05) is 14.7 Å². The lowest BCUT2D eigenvalue weighted by molar-refractivity contribution is 1.28. The van der Waals surface area contributed by atoms with E-state index >= 15 is 0 Å². The fourth-order valence-corrected chi connectivity index (χ4v) is 9.15. The molecule has 0 spiro atoms. The maximum Gasteiger partial charge on any atom is 0.0462 e. The minimum Gasteiger partial charge on any atom is -0.311 e. The van der Waals surface area contributed by atoms with Crippen LogP contribution < -0.4 is 14.7 Å². The Hall–Kier alpha value is -9.18. The fourth-order valence-electron chi connectivity index (χ4n) is 9.15. The van der Waals surface area contributed by atoms with E-state index < -0.39 is 0 Å². The van der Waals surface area contributed by atoms with Gasteiger partial charge in [-0.05, 0) is 154 Å². The molecule has 0 atom stereocenters. The predicted octanol–water partition coefficient (Wildman–Crippen LogP) is 18.8. The Balaban J connectivity index is 0.835. The molecule has 11 aromatic rings. The van der Waals surface area contributed by atoms with Crippen LogP contribution in [0.5, 0.6) is 0 Å². The van der Waals surface area contributed by atoms with Crippen LogP contribution in [0.2, 0.25) is 0 Å². The monoisotopic (exact) mass is 883 g/mol. The summed E-state index contributed by atoms with van der Waals surface area (Å²) in [7, 11) is 0. The van der Waals surface area contributed by atoms with Gasteiger partial charge in [0.05, 0.1) is 0 Å². The summed E-state index contributed by atoms with van der Waals surface area (Å²) in [5, 5.41) is 0. The number of benzene rings is 11. The van der Waals surface area contributed by atoms with Crippen molar-refractivity contribution in [1.29, 1.82) is 0 Å². The van der Waals surface area contributed by atoms with Crippen molar-refractivity contribution < 1.29 is 0 Å². The van der Waals surface area contributed by atoms with E-state index in [9.17, 15) is 0 Å². The summed E-state index contributed by atoms with van der Waals surface area (Å²) < 4.78 is 0. The van der Waals surface area contributed by atoms with Gasteiger partial charge in [-0.15, -0.1) is 0 Å². The summed E-state index contributed by atoms with van der Waals surface area (Å²) in [6, 6.07) is 106. The Morgan fingerprint density at radius 1 is 0.116 bits per heavy atom. The highest BCUT2D eigenvalue weighted by molar-refractivity contribution is 5.84. The van der Waals surface area contributed by atoms with Crippen molar-refractivity contribution in [2.45, 2.75) is 0 Å². The molecule has 0 fully saturated rings. The van der Waals surface area contributed by atoms with Crippen LogP contribution in [0, 0.1) is 0 Å². The molecule has 0 aliphatic carbocycles. The number of rotatable bonds is 13. The van der Waals surface area contributed by atoms with Gasteiger partial charge in [0.15, 0.2) is 0 Å². The Labute approximate surface area is 405 Å². The minimum atomic E-state index is 1.09. The standard InChI is InChI=1S/C66H49N3/c1-6-16-50(17-7-1)52-26-38-61(39-27-52)67(58-20-10-3-11-21-58)63-42-30-54(31-43-63)56-34-46-65(47-35-56)69(60-24-14-5-15-25-60)66-48-36-57(37-49-66)55-32-44-64(45-33-55)68(59-22-12-4-13-23-59)62-40-28-53(29-41-62)51-18-8-2-9-19-51/h1-49H. The first-order valence-corrected chi connectivity index (χ1v) is 23.5. The number of hydrogen-bond acceptors (Lipinski definition) is 3. The summed E-state index contributed by atoms with van der Waals surface area (Å²) in [6.07, 6.45) is 0. The van der Waals surface area contributed by atoms with Crippen LogP contribution in [-0.2, 0) is 0 Å². The van der Waals surface area contributed by atoms with E-state index in [4.69, 9.17) is 0 Å². The van der Waals surface area contributed by atoms with Crippen molar-refractivity contribution in [3.63, 3.8) is 0 Å². The molecule has 0 aliphatic rings. The molecule has 0 unspecified atom stereocenters. The SMILES string of the molecule is c1ccc(-c2ccc(N(c3ccccc3)c3ccc(-c4ccc(N(c5ccccc5)c5ccc(-c6ccc(N(c7ccccc7)c7ccc(-c8ccccc8)cc7)cc6)cc5)cc4)cc3)cc2)cc1. The Bertz CT molecular complexity index is 3130. The molecule has 11 aromatic carbocycles. The lowest BCUT2D eigenvalue weighted by atomic mass is 10.0. The van der Waals surface area contributed by atoms with Crippen molar-refractivity contribution in [2.24, 2.45) is 0 Å². The fraction of sp³-hybridized carbons (Fsp3) is 0. The van der Waals surface area contributed by atoms with Crippen molar-refractivity contribution >= 4 is 51.2 Å². The van der Waals surface area contributed by atoms with Gasteiger partial charge in [-0.3, -0.25) is 0 Å². The molecule has 3 nitrogen and oxygen atoms in total. The normalized spacial score (nSPS) is 10.9. The average Bonchev–Trinajstić information content (AvgIpc) is 3.44. The third kappa shape index (κ3) is 9.31. The van der Waals surface area contributed by atoms with Crippen LogP contribution in [0.25, 0.3) is 44.5 Å². The second kappa shape index (κ2) is 19.7. The third-order valence-corrected chi connectivity index (χ3v) is 12.7. The Morgan fingerprint density at radius 3 is 0.420 bits per heavy atom. The number of para-hydroxylation sites is 3. The van der Waals surface area contributed by atoms with E-state index in [1.807, 2.05) is 0 Å². The maximum atomic E-state index is 2.32. The lowest BCUT2D eigenvalue weighted by Crippen LogP contribution is -2.10. The van der Waals surface area contributed by atoms with Gasteiger partial charge >= 0.3 is 0 Å². The lowest BCUT2D eigenvalue weighted by Gasteiger charge is -2.26. The van der Waals surface area contributed by atoms with Crippen LogP contribution >= 0.6 is 0 Å². The van der Waals surface area contributed by atoms with Crippen LogP contribution in [0.1, 0.15) is 0 Å². The largest absolute Gasteiger partial charge is 0.311 e. The van der Waals surface area contributed by atoms with Gasteiger partial charge in [0.1, 0.15) is 0 Å². The first-order valence-electron chi connectivity index (χ1n) is 23.5. The van der Waals surface area contributed by atoms with Gasteiger partial charge in [0, 0.05) is 51.2 Å². The highest BCUT2D eigenvalue weighted by Gasteiger charge is 2.17. The summed E-state index contributed by atoms with van der Waals surface area (Å²) >= 11 is 0. The predicted molar refractivity (Wildman–Crippen MR) is 292 cm³/mol. The molecule has 0 saturated carbocycles. The summed E-state index contributed by atoms with van der Waals surface area (Å²) in [6.45, 7) is 0. The number of nitrogens with zero attached hydrogens (tertiary/aromatic N) is 3. The summed E-state index contributed by atoms with van der Waals surface area (Å²) in [5.41, 5.74) is 19.4. The van der Waals surface area contributed by atoms with E-state index in [1.54, 1.807) is 0 Å². The molecule has 0 bridgehead atoms. The highest BCUT2D eigenvalue weighted by Crippen LogP contribution is 2.41. The van der Waals surface area contributed by atoms with Gasteiger partial charge < -0.3 is 14.7 Å². The van der Waals surface area contributed by atoms with Gasteiger partial charge in [-0.2, -0.15) is 0 Å². The van der Waals surface area contributed by atoms with E-state index in [1.165, 1.54) is 22.3 Å². The van der Waals surface area contributed by atoms with E-state index in [2.05, 4.69) is 312 Å². The minimum absolute atomic E-state index is 1.09. The molecule has 3 heteroatoms. The van der Waals surface area contributed by atoms with Crippen LogP contribution in [0.15, 0.2) is 297 Å². The van der Waals surface area contributed by atoms with Crippen molar-refractivity contribution in [3.05, 3.63) is 297 Å². The van der Waals surface area contributed by atoms with E-state index in [0.717, 1.165) is 73.4 Å². The molecule has 0 aliphatic heterocycles. The molecule has 0 aromatic heterocycles. The topological polar surface area (TPSA) is 9.72 Å². The number of anilines is 9. The molecule has 0 radical (unpaired) electrons. The number of hydrogen-bond donors (Lipinski definition) is 0. The van der Waals surface area contributed by atoms with E-state index in [-0.39, 0.29) is 0 Å². The van der Waals surface area contributed by atoms with Gasteiger partial charge in [0.25, 0.3) is 0 Å². The average molecular weight is 884 g/mol. The Kier molecular flexibility index (Phi) is 12.1. The molecule has 0 saturated heterocycles. The zero-order chi connectivity index (χ0) is 46.2. The zero-order valence-electron chi connectivity index (χ0n) is 38.1. The summed E-state index contributed by atoms with van der Waals surface area (Å²) in [4.78, 5) is 6.94. The molecule has 0 amide bonds. The highest BCUT2D eigenvalue weighted by atomic mass is 15.2. The molecule has 69 heavy (non-hydrogen) atoms. The van der Waals surface area contributed by atoms with Gasteiger partial charge in [0.2, 0.25) is 0 Å².